The number of nitrogens with zero attached hydrogens (tertiary/aromatic N) is 4. The van der Waals surface area contributed by atoms with E-state index >= 15 is 4.39 Å². The van der Waals surface area contributed by atoms with Crippen LogP contribution in [0.5, 0.6) is 5.88 Å². The molecule has 3 aromatic rings. The van der Waals surface area contributed by atoms with Gasteiger partial charge in [0.15, 0.2) is 5.82 Å². The summed E-state index contributed by atoms with van der Waals surface area (Å²) in [5.74, 6) is -0.430. The van der Waals surface area contributed by atoms with E-state index in [1.807, 2.05) is 27.8 Å². The number of imidazole rings is 1. The molecule has 2 aliphatic heterocycles. The van der Waals surface area contributed by atoms with Crippen LogP contribution in [0.1, 0.15) is 52.5 Å². The molecule has 1 amide bonds. The SMILES string of the molecule is CN1CCC[C@H]1COc1nc2c(F)c(Br)c(Cl)cc2c2c1[nH]c(=O)n2C1CCN(C(=O)OC(C)(C)C)CC1. The van der Waals surface area contributed by atoms with E-state index in [-0.39, 0.29) is 44.8 Å². The average Bonchev–Trinajstić information content (AvgIpc) is 3.43. The Kier molecular flexibility index (Phi) is 7.38. The lowest BCUT2D eigenvalue weighted by atomic mass is 10.0. The Morgan fingerprint density at radius 1 is 1.26 bits per heavy atom. The molecule has 0 unspecified atom stereocenters. The van der Waals surface area contributed by atoms with Crippen molar-refractivity contribution in [2.75, 3.05) is 33.3 Å². The first-order valence-electron chi connectivity index (χ1n) is 12.9. The molecular formula is C26H32BrClFN5O4. The molecule has 38 heavy (non-hydrogen) atoms. The third-order valence-electron chi connectivity index (χ3n) is 7.31. The van der Waals surface area contributed by atoms with Crippen molar-refractivity contribution in [3.05, 3.63) is 31.9 Å². The number of hydrogen-bond acceptors (Lipinski definition) is 6. The van der Waals surface area contributed by atoms with Gasteiger partial charge in [0.1, 0.15) is 23.2 Å². The highest BCUT2D eigenvalue weighted by molar-refractivity contribution is 9.10. The molecule has 12 heteroatoms. The molecule has 9 nitrogen and oxygen atoms in total. The third-order valence-corrected chi connectivity index (χ3v) is 8.61. The number of halogens is 3. The molecule has 2 aromatic heterocycles. The van der Waals surface area contributed by atoms with Gasteiger partial charge in [-0.15, -0.1) is 0 Å². The molecule has 0 radical (unpaired) electrons. The summed E-state index contributed by atoms with van der Waals surface area (Å²) < 4.78 is 28.8. The maximum Gasteiger partial charge on any atom is 0.410 e. The van der Waals surface area contributed by atoms with Gasteiger partial charge in [-0.05, 0) is 82.0 Å². The number of amides is 1. The van der Waals surface area contributed by atoms with Gasteiger partial charge in [0.25, 0.3) is 0 Å². The molecular weight excluding hydrogens is 581 g/mol. The number of piperidine rings is 1. The standard InChI is InChI=1S/C26H32BrClFN5O4/c1-26(2,3)38-25(36)33-10-7-14(8-11-33)34-22-16-12-17(28)18(27)19(29)20(16)30-23(21(22)31-24(34)35)37-13-15-6-5-9-32(15)4/h12,14-15H,5-11,13H2,1-4H3,(H,31,35)/t15-/m0/s1. The Morgan fingerprint density at radius 2 is 1.97 bits per heavy atom. The number of benzene rings is 1. The molecule has 4 heterocycles. The molecule has 2 aliphatic rings. The maximum absolute atomic E-state index is 15.4. The molecule has 2 fully saturated rings. The molecule has 1 N–H and O–H groups in total. The van der Waals surface area contributed by atoms with Crippen molar-refractivity contribution in [1.82, 2.24) is 24.3 Å². The van der Waals surface area contributed by atoms with E-state index in [2.05, 4.69) is 30.8 Å². The lowest BCUT2D eigenvalue weighted by molar-refractivity contribution is 0.0189. The first kappa shape index (κ1) is 27.2. The van der Waals surface area contributed by atoms with Gasteiger partial charge < -0.3 is 24.3 Å². The summed E-state index contributed by atoms with van der Waals surface area (Å²) in [4.78, 5) is 37.2. The zero-order valence-electron chi connectivity index (χ0n) is 21.9. The minimum Gasteiger partial charge on any atom is -0.474 e. The van der Waals surface area contributed by atoms with Crippen LogP contribution in [-0.2, 0) is 4.74 Å². The number of H-pyrrole nitrogens is 1. The fourth-order valence-corrected chi connectivity index (χ4v) is 5.85. The molecule has 1 aromatic carbocycles. The van der Waals surface area contributed by atoms with Gasteiger partial charge in [0, 0.05) is 30.6 Å². The highest BCUT2D eigenvalue weighted by Gasteiger charge is 2.31. The number of rotatable bonds is 4. The first-order valence-corrected chi connectivity index (χ1v) is 14.0. The lowest BCUT2D eigenvalue weighted by Gasteiger charge is -2.33. The predicted molar refractivity (Wildman–Crippen MR) is 148 cm³/mol. The van der Waals surface area contributed by atoms with Gasteiger partial charge in [-0.3, -0.25) is 4.57 Å². The van der Waals surface area contributed by atoms with E-state index in [1.54, 1.807) is 15.5 Å². The third kappa shape index (κ3) is 5.12. The van der Waals surface area contributed by atoms with Crippen molar-refractivity contribution in [2.45, 2.75) is 64.1 Å². The van der Waals surface area contributed by atoms with Crippen molar-refractivity contribution >= 4 is 55.6 Å². The predicted octanol–water partition coefficient (Wildman–Crippen LogP) is 5.48. The van der Waals surface area contributed by atoms with E-state index in [1.165, 1.54) is 0 Å². The van der Waals surface area contributed by atoms with Crippen LogP contribution in [0.4, 0.5) is 9.18 Å². The van der Waals surface area contributed by atoms with Crippen molar-refractivity contribution in [1.29, 1.82) is 0 Å². The largest absolute Gasteiger partial charge is 0.474 e. The lowest BCUT2D eigenvalue weighted by Crippen LogP contribution is -2.43. The number of aromatic amines is 1. The van der Waals surface area contributed by atoms with Crippen LogP contribution in [0.25, 0.3) is 21.9 Å². The number of pyridine rings is 1. The van der Waals surface area contributed by atoms with Gasteiger partial charge in [-0.2, -0.15) is 0 Å². The van der Waals surface area contributed by atoms with Crippen LogP contribution >= 0.6 is 27.5 Å². The van der Waals surface area contributed by atoms with Crippen molar-refractivity contribution in [3.8, 4) is 5.88 Å². The van der Waals surface area contributed by atoms with Gasteiger partial charge >= 0.3 is 11.8 Å². The number of ether oxygens (including phenoxy) is 2. The minimum absolute atomic E-state index is 0.0718. The summed E-state index contributed by atoms with van der Waals surface area (Å²) >= 11 is 9.55. The number of hydrogen-bond donors (Lipinski definition) is 1. The topological polar surface area (TPSA) is 92.7 Å². The van der Waals surface area contributed by atoms with Crippen LogP contribution in [0.2, 0.25) is 5.02 Å². The fourth-order valence-electron chi connectivity index (χ4n) is 5.35. The fraction of sp³-hybridized carbons (Fsp3) is 0.577. The second kappa shape index (κ2) is 10.3. The molecule has 0 saturated carbocycles. The summed E-state index contributed by atoms with van der Waals surface area (Å²) in [6, 6.07) is 1.61. The number of fused-ring (bicyclic) bond motifs is 3. The number of likely N-dealkylation sites (N-methyl/N-ethyl adjacent to an activating group) is 1. The second-order valence-electron chi connectivity index (χ2n) is 11.1. The van der Waals surface area contributed by atoms with E-state index in [9.17, 15) is 9.59 Å². The summed E-state index contributed by atoms with van der Waals surface area (Å²) in [7, 11) is 2.05. The monoisotopic (exact) mass is 611 g/mol. The molecule has 0 spiro atoms. The highest BCUT2D eigenvalue weighted by Crippen LogP contribution is 2.38. The van der Waals surface area contributed by atoms with Crippen LogP contribution in [0.15, 0.2) is 15.3 Å². The molecule has 0 bridgehead atoms. The zero-order chi connectivity index (χ0) is 27.4. The van der Waals surface area contributed by atoms with Crippen molar-refractivity contribution in [3.63, 3.8) is 0 Å². The van der Waals surface area contributed by atoms with Gasteiger partial charge in [0.05, 0.1) is 15.0 Å². The number of carbonyl (C=O) groups excluding carboxylic acids is 1. The van der Waals surface area contributed by atoms with Crippen molar-refractivity contribution < 1.29 is 18.7 Å². The van der Waals surface area contributed by atoms with Crippen LogP contribution in [0.3, 0.4) is 0 Å². The van der Waals surface area contributed by atoms with Crippen LogP contribution in [0, 0.1) is 5.82 Å². The van der Waals surface area contributed by atoms with Gasteiger partial charge in [-0.25, -0.2) is 19.0 Å². The Hall–Kier alpha value is -2.37. The van der Waals surface area contributed by atoms with Gasteiger partial charge in [0.2, 0.25) is 5.88 Å². The van der Waals surface area contributed by atoms with E-state index in [4.69, 9.17) is 21.1 Å². The Bertz CT molecular complexity index is 1440. The van der Waals surface area contributed by atoms with Gasteiger partial charge in [-0.1, -0.05) is 11.6 Å². The second-order valence-corrected chi connectivity index (χ2v) is 12.3. The number of aromatic nitrogens is 3. The minimum atomic E-state index is -0.614. The summed E-state index contributed by atoms with van der Waals surface area (Å²) in [6.07, 6.45) is 2.78. The Balaban J connectivity index is 1.54. The number of likely N-dealkylation sites (tertiary alicyclic amines) is 2. The Morgan fingerprint density at radius 3 is 2.61 bits per heavy atom. The zero-order valence-corrected chi connectivity index (χ0v) is 24.3. The smallest absolute Gasteiger partial charge is 0.410 e. The molecule has 1 atom stereocenters. The summed E-state index contributed by atoms with van der Waals surface area (Å²) in [5, 5.41) is 0.600. The number of carbonyl (C=O) groups is 1. The summed E-state index contributed by atoms with van der Waals surface area (Å²) in [6.45, 7) is 7.71. The van der Waals surface area contributed by atoms with Crippen molar-refractivity contribution in [2.24, 2.45) is 0 Å². The van der Waals surface area contributed by atoms with E-state index < -0.39 is 11.4 Å². The first-order chi connectivity index (χ1) is 17.9. The molecule has 5 rings (SSSR count). The molecule has 206 valence electrons. The average molecular weight is 613 g/mol. The normalized spacial score (nSPS) is 19.6. The van der Waals surface area contributed by atoms with Crippen LogP contribution in [-0.4, -0.2) is 75.4 Å². The summed E-state index contributed by atoms with van der Waals surface area (Å²) in [5.41, 5.74) is 0.0543. The molecule has 2 saturated heterocycles. The Labute approximate surface area is 233 Å². The van der Waals surface area contributed by atoms with Crippen LogP contribution < -0.4 is 10.4 Å². The molecule has 0 aliphatic carbocycles. The quantitative estimate of drug-likeness (QED) is 0.393. The highest BCUT2D eigenvalue weighted by atomic mass is 79.9. The van der Waals surface area contributed by atoms with E-state index in [0.717, 1.165) is 19.4 Å². The maximum atomic E-state index is 15.4. The number of nitrogens with one attached hydrogen (secondary N) is 1. The van der Waals surface area contributed by atoms with E-state index in [0.29, 0.717) is 49.0 Å².